The van der Waals surface area contributed by atoms with E-state index in [4.69, 9.17) is 19.9 Å². The van der Waals surface area contributed by atoms with Gasteiger partial charge >= 0.3 is 0 Å². The average Bonchev–Trinajstić information content (AvgIpc) is 3.07. The number of nitrogens with two attached hydrogens (primary N) is 1. The molecule has 0 aliphatic rings. The summed E-state index contributed by atoms with van der Waals surface area (Å²) in [7, 11) is 4.58. The molecule has 8 nitrogen and oxygen atoms in total. The van der Waals surface area contributed by atoms with Crippen LogP contribution in [0.1, 0.15) is 10.4 Å². The van der Waals surface area contributed by atoms with Crippen molar-refractivity contribution < 1.29 is 19.0 Å². The lowest BCUT2D eigenvalue weighted by Gasteiger charge is -2.12. The van der Waals surface area contributed by atoms with E-state index < -0.39 is 0 Å². The molecule has 2 aromatic carbocycles. The number of benzene rings is 2. The normalized spacial score (nSPS) is 10.6. The third kappa shape index (κ3) is 3.94. The number of nitrogens with zero attached hydrogens (tertiary/aromatic N) is 3. The standard InChI is InChI=1S/C19H19BrN4O4/c1-26-15-8-12(9-16(27-2)17(15)28-3)18-22-19(21)24(23-18)10-14(25)11-5-4-6-13(20)7-11/h4-9H,10H2,1-3H3,(H2,21,22,23). The van der Waals surface area contributed by atoms with E-state index in [9.17, 15) is 4.79 Å². The van der Waals surface area contributed by atoms with Crippen LogP contribution < -0.4 is 19.9 Å². The first-order valence-electron chi connectivity index (χ1n) is 8.26. The molecule has 0 aliphatic heterocycles. The molecule has 0 aliphatic carbocycles. The first-order valence-corrected chi connectivity index (χ1v) is 9.05. The van der Waals surface area contributed by atoms with Crippen molar-refractivity contribution in [3.63, 3.8) is 0 Å². The minimum absolute atomic E-state index is 0.0281. The van der Waals surface area contributed by atoms with Crippen molar-refractivity contribution in [2.75, 3.05) is 27.1 Å². The van der Waals surface area contributed by atoms with Crippen molar-refractivity contribution in [3.05, 3.63) is 46.4 Å². The number of hydrogen-bond acceptors (Lipinski definition) is 7. The van der Waals surface area contributed by atoms with Crippen LogP contribution >= 0.6 is 15.9 Å². The summed E-state index contributed by atoms with van der Waals surface area (Å²) in [5.41, 5.74) is 7.15. The third-order valence-corrected chi connectivity index (χ3v) is 4.56. The highest BCUT2D eigenvalue weighted by Crippen LogP contribution is 2.40. The Balaban J connectivity index is 1.93. The molecule has 0 radical (unpaired) electrons. The van der Waals surface area contributed by atoms with Gasteiger partial charge in [-0.25, -0.2) is 4.68 Å². The number of anilines is 1. The van der Waals surface area contributed by atoms with Gasteiger partial charge in [0, 0.05) is 15.6 Å². The molecule has 0 unspecified atom stereocenters. The molecule has 3 rings (SSSR count). The van der Waals surface area contributed by atoms with Crippen LogP contribution in [-0.2, 0) is 6.54 Å². The smallest absolute Gasteiger partial charge is 0.219 e. The molecule has 0 amide bonds. The Bertz CT molecular complexity index is 994. The number of rotatable bonds is 7. The van der Waals surface area contributed by atoms with Crippen molar-refractivity contribution in [1.82, 2.24) is 14.8 Å². The van der Waals surface area contributed by atoms with E-state index in [0.29, 0.717) is 34.2 Å². The molecule has 2 N–H and O–H groups in total. The fourth-order valence-corrected chi connectivity index (χ4v) is 3.09. The number of ether oxygens (including phenoxy) is 3. The average molecular weight is 447 g/mol. The topological polar surface area (TPSA) is 101 Å². The lowest BCUT2D eigenvalue weighted by molar-refractivity contribution is 0.0968. The monoisotopic (exact) mass is 446 g/mol. The number of hydrogen-bond donors (Lipinski definition) is 1. The number of nitrogen functional groups attached to an aromatic ring is 1. The summed E-state index contributed by atoms with van der Waals surface area (Å²) in [6, 6.07) is 10.6. The number of carbonyl (C=O) groups is 1. The fourth-order valence-electron chi connectivity index (χ4n) is 2.69. The Morgan fingerprint density at radius 2 is 1.79 bits per heavy atom. The first kappa shape index (κ1) is 19.7. The van der Waals surface area contributed by atoms with Gasteiger partial charge in [-0.05, 0) is 24.3 Å². The molecule has 1 aromatic heterocycles. The third-order valence-electron chi connectivity index (χ3n) is 4.06. The van der Waals surface area contributed by atoms with Crippen molar-refractivity contribution >= 4 is 27.7 Å². The van der Waals surface area contributed by atoms with Gasteiger partial charge in [0.1, 0.15) is 6.54 Å². The SMILES string of the molecule is COc1cc(-c2nc(N)n(CC(=O)c3cccc(Br)c3)n2)cc(OC)c1OC. The summed E-state index contributed by atoms with van der Waals surface area (Å²) in [6.45, 7) is -0.0281. The van der Waals surface area contributed by atoms with Crippen LogP contribution in [0.5, 0.6) is 17.2 Å². The van der Waals surface area contributed by atoms with E-state index in [0.717, 1.165) is 4.47 Å². The molecule has 0 fully saturated rings. The molecule has 28 heavy (non-hydrogen) atoms. The van der Waals surface area contributed by atoms with Crippen LogP contribution in [0.2, 0.25) is 0 Å². The van der Waals surface area contributed by atoms with Crippen LogP contribution in [0.4, 0.5) is 5.95 Å². The summed E-state index contributed by atoms with van der Waals surface area (Å²) in [6.07, 6.45) is 0. The van der Waals surface area contributed by atoms with Crippen LogP contribution in [0, 0.1) is 0 Å². The molecule has 0 saturated heterocycles. The van der Waals surface area contributed by atoms with E-state index in [1.165, 1.54) is 26.0 Å². The number of methoxy groups -OCH3 is 3. The van der Waals surface area contributed by atoms with Crippen molar-refractivity contribution in [3.8, 4) is 28.6 Å². The Labute approximate surface area is 170 Å². The molecule has 3 aromatic rings. The largest absolute Gasteiger partial charge is 0.493 e. The Morgan fingerprint density at radius 3 is 2.36 bits per heavy atom. The maximum atomic E-state index is 12.5. The van der Waals surface area contributed by atoms with Gasteiger partial charge in [0.2, 0.25) is 11.7 Å². The van der Waals surface area contributed by atoms with Crippen molar-refractivity contribution in [1.29, 1.82) is 0 Å². The van der Waals surface area contributed by atoms with Gasteiger partial charge in [-0.2, -0.15) is 4.98 Å². The van der Waals surface area contributed by atoms with Crippen LogP contribution in [-0.4, -0.2) is 41.9 Å². The minimum Gasteiger partial charge on any atom is -0.493 e. The quantitative estimate of drug-likeness (QED) is 0.555. The molecule has 0 atom stereocenters. The van der Waals surface area contributed by atoms with Crippen LogP contribution in [0.15, 0.2) is 40.9 Å². The summed E-state index contributed by atoms with van der Waals surface area (Å²) >= 11 is 3.36. The zero-order valence-corrected chi connectivity index (χ0v) is 17.2. The molecule has 1 heterocycles. The van der Waals surface area contributed by atoms with Gasteiger partial charge in [-0.3, -0.25) is 4.79 Å². The summed E-state index contributed by atoms with van der Waals surface area (Å²) in [4.78, 5) is 16.8. The minimum atomic E-state index is -0.130. The molecule has 0 spiro atoms. The summed E-state index contributed by atoms with van der Waals surface area (Å²) in [5.74, 6) is 1.75. The molecule has 146 valence electrons. The van der Waals surface area contributed by atoms with E-state index in [1.54, 1.807) is 30.3 Å². The number of aromatic nitrogens is 3. The number of Topliss-reactive ketones (excluding diaryl/α,β-unsaturated/α-hetero) is 1. The summed E-state index contributed by atoms with van der Waals surface area (Å²) in [5, 5.41) is 4.37. The summed E-state index contributed by atoms with van der Waals surface area (Å²) < 4.78 is 18.2. The number of ketones is 1. The van der Waals surface area contributed by atoms with E-state index in [2.05, 4.69) is 26.0 Å². The second kappa shape index (κ2) is 8.30. The predicted molar refractivity (Wildman–Crippen MR) is 108 cm³/mol. The zero-order valence-electron chi connectivity index (χ0n) is 15.6. The number of halogens is 1. The van der Waals surface area contributed by atoms with E-state index >= 15 is 0 Å². The highest BCUT2D eigenvalue weighted by Gasteiger charge is 2.18. The number of carbonyl (C=O) groups excluding carboxylic acids is 1. The first-order chi connectivity index (χ1) is 13.5. The maximum absolute atomic E-state index is 12.5. The Morgan fingerprint density at radius 1 is 1.11 bits per heavy atom. The van der Waals surface area contributed by atoms with Crippen molar-refractivity contribution in [2.45, 2.75) is 6.54 Å². The molecule has 9 heteroatoms. The van der Waals surface area contributed by atoms with Gasteiger partial charge in [-0.1, -0.05) is 28.1 Å². The molecular weight excluding hydrogens is 428 g/mol. The lowest BCUT2D eigenvalue weighted by atomic mass is 10.1. The van der Waals surface area contributed by atoms with Crippen LogP contribution in [0.25, 0.3) is 11.4 Å². The Kier molecular flexibility index (Phi) is 5.84. The van der Waals surface area contributed by atoms with Gasteiger partial charge in [0.15, 0.2) is 23.1 Å². The molecule has 0 bridgehead atoms. The fraction of sp³-hybridized carbons (Fsp3) is 0.211. The van der Waals surface area contributed by atoms with Gasteiger partial charge in [0.25, 0.3) is 0 Å². The van der Waals surface area contributed by atoms with Crippen LogP contribution in [0.3, 0.4) is 0 Å². The van der Waals surface area contributed by atoms with E-state index in [-0.39, 0.29) is 18.3 Å². The second-order valence-electron chi connectivity index (χ2n) is 5.80. The zero-order chi connectivity index (χ0) is 20.3. The van der Waals surface area contributed by atoms with E-state index in [1.807, 2.05) is 6.07 Å². The highest BCUT2D eigenvalue weighted by molar-refractivity contribution is 9.10. The predicted octanol–water partition coefficient (Wildman–Crippen LogP) is 3.20. The van der Waals surface area contributed by atoms with Gasteiger partial charge in [0.05, 0.1) is 21.3 Å². The second-order valence-corrected chi connectivity index (χ2v) is 6.71. The lowest BCUT2D eigenvalue weighted by Crippen LogP contribution is -2.14. The Hall–Kier alpha value is -3.07. The van der Waals surface area contributed by atoms with Gasteiger partial charge < -0.3 is 19.9 Å². The maximum Gasteiger partial charge on any atom is 0.219 e. The molecular formula is C19H19BrN4O4. The van der Waals surface area contributed by atoms with Gasteiger partial charge in [-0.15, -0.1) is 5.10 Å². The molecule has 0 saturated carbocycles. The van der Waals surface area contributed by atoms with Crippen molar-refractivity contribution in [2.24, 2.45) is 0 Å². The highest BCUT2D eigenvalue weighted by atomic mass is 79.9.